The molecule has 1 aliphatic rings. The second kappa shape index (κ2) is 9.33. The van der Waals surface area contributed by atoms with Crippen LogP contribution >= 0.6 is 11.8 Å². The average molecular weight is 417 g/mol. The maximum absolute atomic E-state index is 12.8. The number of benzene rings is 3. The van der Waals surface area contributed by atoms with Crippen molar-refractivity contribution in [1.82, 2.24) is 4.90 Å². The number of rotatable bonds is 7. The van der Waals surface area contributed by atoms with Gasteiger partial charge in [-0.1, -0.05) is 66.7 Å². The smallest absolute Gasteiger partial charge is 0.295 e. The van der Waals surface area contributed by atoms with Gasteiger partial charge in [0, 0.05) is 11.3 Å². The van der Waals surface area contributed by atoms with Crippen molar-refractivity contribution < 1.29 is 14.3 Å². The standard InChI is InChI=1S/C24H20N2O3S/c27-23-22(30-24(28)26(23)17-25-20-12-5-2-6-13-20)15-19-11-7-8-14-21(19)29-16-18-9-3-1-4-10-18/h1-15,25H,16-17H2/b22-15+. The van der Waals surface area contributed by atoms with Crippen molar-refractivity contribution in [2.75, 3.05) is 12.0 Å². The number of carbonyl (C=O) groups excluding carboxylic acids is 2. The lowest BCUT2D eigenvalue weighted by Crippen LogP contribution is -2.33. The van der Waals surface area contributed by atoms with Crippen molar-refractivity contribution in [1.29, 1.82) is 0 Å². The molecule has 4 rings (SSSR count). The van der Waals surface area contributed by atoms with Gasteiger partial charge >= 0.3 is 0 Å². The number of ether oxygens (including phenoxy) is 1. The van der Waals surface area contributed by atoms with E-state index in [4.69, 9.17) is 4.74 Å². The Hall–Kier alpha value is -3.51. The number of imide groups is 1. The molecule has 1 heterocycles. The second-order valence-corrected chi connectivity index (χ2v) is 7.62. The van der Waals surface area contributed by atoms with Crippen LogP contribution in [-0.4, -0.2) is 22.7 Å². The van der Waals surface area contributed by atoms with E-state index in [1.807, 2.05) is 84.9 Å². The quantitative estimate of drug-likeness (QED) is 0.525. The first-order valence-electron chi connectivity index (χ1n) is 9.51. The van der Waals surface area contributed by atoms with E-state index in [2.05, 4.69) is 5.32 Å². The van der Waals surface area contributed by atoms with Crippen LogP contribution in [0, 0.1) is 0 Å². The molecule has 3 aromatic carbocycles. The Bertz CT molecular complexity index is 1070. The van der Waals surface area contributed by atoms with Gasteiger partial charge in [-0.3, -0.25) is 14.5 Å². The Kier molecular flexibility index (Phi) is 6.15. The molecule has 1 saturated heterocycles. The molecule has 0 saturated carbocycles. The summed E-state index contributed by atoms with van der Waals surface area (Å²) in [4.78, 5) is 26.7. The summed E-state index contributed by atoms with van der Waals surface area (Å²) in [7, 11) is 0. The average Bonchev–Trinajstić information content (AvgIpc) is 3.05. The number of hydrogen-bond acceptors (Lipinski definition) is 5. The number of carbonyl (C=O) groups is 2. The van der Waals surface area contributed by atoms with Crippen LogP contribution in [0.15, 0.2) is 89.8 Å². The van der Waals surface area contributed by atoms with Crippen LogP contribution in [0.1, 0.15) is 11.1 Å². The largest absolute Gasteiger partial charge is 0.488 e. The molecule has 0 aliphatic carbocycles. The maximum Gasteiger partial charge on any atom is 0.295 e. The van der Waals surface area contributed by atoms with Gasteiger partial charge in [0.05, 0.1) is 11.6 Å². The summed E-state index contributed by atoms with van der Waals surface area (Å²) >= 11 is 0.938. The highest BCUT2D eigenvalue weighted by atomic mass is 32.2. The summed E-state index contributed by atoms with van der Waals surface area (Å²) in [5, 5.41) is 2.81. The minimum Gasteiger partial charge on any atom is -0.488 e. The molecule has 5 nitrogen and oxygen atoms in total. The van der Waals surface area contributed by atoms with Gasteiger partial charge in [-0.15, -0.1) is 0 Å². The van der Waals surface area contributed by atoms with Crippen LogP contribution in [0.5, 0.6) is 5.75 Å². The van der Waals surface area contributed by atoms with Crippen molar-refractivity contribution in [2.45, 2.75) is 6.61 Å². The van der Waals surface area contributed by atoms with E-state index in [0.717, 1.165) is 28.6 Å². The summed E-state index contributed by atoms with van der Waals surface area (Å²) in [6.07, 6.45) is 1.72. The van der Waals surface area contributed by atoms with Gasteiger partial charge < -0.3 is 10.1 Å². The number of thioether (sulfide) groups is 1. The maximum atomic E-state index is 12.8. The molecule has 2 amide bonds. The Morgan fingerprint density at radius 3 is 2.30 bits per heavy atom. The van der Waals surface area contributed by atoms with E-state index in [0.29, 0.717) is 17.3 Å². The molecule has 1 N–H and O–H groups in total. The van der Waals surface area contributed by atoms with Crippen LogP contribution in [0.3, 0.4) is 0 Å². The van der Waals surface area contributed by atoms with E-state index in [1.54, 1.807) is 6.08 Å². The highest BCUT2D eigenvalue weighted by molar-refractivity contribution is 8.18. The zero-order chi connectivity index (χ0) is 20.8. The first-order valence-corrected chi connectivity index (χ1v) is 10.3. The second-order valence-electron chi connectivity index (χ2n) is 6.62. The number of para-hydroxylation sites is 2. The van der Waals surface area contributed by atoms with Gasteiger partial charge in [0.2, 0.25) is 0 Å². The van der Waals surface area contributed by atoms with Gasteiger partial charge in [0.1, 0.15) is 12.4 Å². The summed E-state index contributed by atoms with van der Waals surface area (Å²) in [6.45, 7) is 0.548. The van der Waals surface area contributed by atoms with E-state index >= 15 is 0 Å². The number of amides is 2. The van der Waals surface area contributed by atoms with Crippen molar-refractivity contribution >= 4 is 34.7 Å². The third-order valence-corrected chi connectivity index (χ3v) is 5.44. The molecule has 3 aromatic rings. The third kappa shape index (κ3) is 4.72. The molecule has 1 aliphatic heterocycles. The van der Waals surface area contributed by atoms with Gasteiger partial charge in [-0.05, 0) is 41.6 Å². The van der Waals surface area contributed by atoms with Crippen LogP contribution in [0.4, 0.5) is 10.5 Å². The van der Waals surface area contributed by atoms with E-state index in [9.17, 15) is 9.59 Å². The summed E-state index contributed by atoms with van der Waals surface area (Å²) in [6, 6.07) is 26.8. The predicted octanol–water partition coefficient (Wildman–Crippen LogP) is 5.37. The highest BCUT2D eigenvalue weighted by Crippen LogP contribution is 2.34. The molecule has 0 bridgehead atoms. The minimum atomic E-state index is -0.314. The van der Waals surface area contributed by atoms with Crippen LogP contribution < -0.4 is 10.1 Å². The molecule has 0 spiro atoms. The van der Waals surface area contributed by atoms with Crippen molar-refractivity contribution in [2.24, 2.45) is 0 Å². The normalized spacial score (nSPS) is 14.9. The molecule has 1 fully saturated rings. The fourth-order valence-electron chi connectivity index (χ4n) is 2.97. The highest BCUT2D eigenvalue weighted by Gasteiger charge is 2.35. The Morgan fingerprint density at radius 2 is 1.53 bits per heavy atom. The number of anilines is 1. The first-order chi connectivity index (χ1) is 14.7. The van der Waals surface area contributed by atoms with Gasteiger partial charge in [-0.25, -0.2) is 0 Å². The summed E-state index contributed by atoms with van der Waals surface area (Å²) < 4.78 is 5.95. The monoisotopic (exact) mass is 416 g/mol. The Morgan fingerprint density at radius 1 is 0.867 bits per heavy atom. The predicted molar refractivity (Wildman–Crippen MR) is 120 cm³/mol. The van der Waals surface area contributed by atoms with Crippen LogP contribution in [0.2, 0.25) is 0 Å². The number of nitrogens with zero attached hydrogens (tertiary/aromatic N) is 1. The third-order valence-electron chi connectivity index (χ3n) is 4.53. The summed E-state index contributed by atoms with van der Waals surface area (Å²) in [5.41, 5.74) is 2.66. The molecule has 0 atom stereocenters. The fourth-order valence-corrected chi connectivity index (χ4v) is 3.80. The van der Waals surface area contributed by atoms with E-state index in [1.165, 1.54) is 4.90 Å². The molecule has 30 heavy (non-hydrogen) atoms. The molecule has 0 radical (unpaired) electrons. The van der Waals surface area contributed by atoms with Crippen molar-refractivity contribution in [3.63, 3.8) is 0 Å². The molecule has 0 aromatic heterocycles. The molecule has 150 valence electrons. The number of hydrogen-bond donors (Lipinski definition) is 1. The molecular formula is C24H20N2O3S. The lowest BCUT2D eigenvalue weighted by Gasteiger charge is -2.14. The lowest BCUT2D eigenvalue weighted by molar-refractivity contribution is -0.122. The first kappa shape index (κ1) is 19.8. The SMILES string of the molecule is O=C1S/C(=C/c2ccccc2OCc2ccccc2)C(=O)N1CNc1ccccc1. The lowest BCUT2D eigenvalue weighted by atomic mass is 10.1. The molecule has 6 heteroatoms. The topological polar surface area (TPSA) is 58.6 Å². The summed E-state index contributed by atoms with van der Waals surface area (Å²) in [5.74, 6) is 0.349. The molecule has 0 unspecified atom stereocenters. The van der Waals surface area contributed by atoms with Gasteiger partial charge in [0.15, 0.2) is 0 Å². The Balaban J connectivity index is 1.47. The Labute approximate surface area is 179 Å². The number of nitrogens with one attached hydrogen (secondary N) is 1. The van der Waals surface area contributed by atoms with Gasteiger partial charge in [0.25, 0.3) is 11.1 Å². The van der Waals surface area contributed by atoms with Crippen molar-refractivity contribution in [3.05, 3.63) is 101 Å². The zero-order valence-electron chi connectivity index (χ0n) is 16.2. The van der Waals surface area contributed by atoms with Crippen LogP contribution in [0.25, 0.3) is 6.08 Å². The fraction of sp³-hybridized carbons (Fsp3) is 0.0833. The van der Waals surface area contributed by atoms with E-state index < -0.39 is 0 Å². The van der Waals surface area contributed by atoms with Gasteiger partial charge in [-0.2, -0.15) is 0 Å². The minimum absolute atomic E-state index is 0.123. The van der Waals surface area contributed by atoms with E-state index in [-0.39, 0.29) is 17.8 Å². The van der Waals surface area contributed by atoms with Crippen molar-refractivity contribution in [3.8, 4) is 5.75 Å². The molecular weight excluding hydrogens is 396 g/mol. The zero-order valence-corrected chi connectivity index (χ0v) is 17.0. The van der Waals surface area contributed by atoms with Crippen LogP contribution in [-0.2, 0) is 11.4 Å².